The van der Waals surface area contributed by atoms with Gasteiger partial charge in [0.1, 0.15) is 5.76 Å². The molecule has 0 fully saturated rings. The van der Waals surface area contributed by atoms with Crippen LogP contribution in [0.15, 0.2) is 64.9 Å². The lowest BCUT2D eigenvalue weighted by molar-refractivity contribution is -0.115. The molecule has 1 N–H and O–H groups in total. The molecule has 1 aromatic carbocycles. The van der Waals surface area contributed by atoms with Crippen molar-refractivity contribution in [2.24, 2.45) is 0 Å². The Bertz CT molecular complexity index is 901. The fourth-order valence-electron chi connectivity index (χ4n) is 2.46. The van der Waals surface area contributed by atoms with Gasteiger partial charge in [0.25, 0.3) is 0 Å². The third-order valence-corrected chi connectivity index (χ3v) is 4.90. The van der Waals surface area contributed by atoms with Crippen molar-refractivity contribution in [3.05, 3.63) is 61.1 Å². The van der Waals surface area contributed by atoms with E-state index < -0.39 is 0 Å². The van der Waals surface area contributed by atoms with Crippen LogP contribution in [-0.2, 0) is 11.3 Å². The number of para-hydroxylation sites is 1. The number of hydrogen-bond donors (Lipinski definition) is 1. The number of amides is 1. The second kappa shape index (κ2) is 8.05. The number of aromatic nitrogens is 3. The summed E-state index contributed by atoms with van der Waals surface area (Å²) in [6, 6.07) is 11.2. The molecule has 1 atom stereocenters. The number of thioether (sulfide) groups is 1. The van der Waals surface area contributed by atoms with E-state index in [9.17, 15) is 4.79 Å². The van der Waals surface area contributed by atoms with Crippen LogP contribution in [0, 0.1) is 6.92 Å². The zero-order valence-corrected chi connectivity index (χ0v) is 15.5. The Morgan fingerprint density at radius 3 is 2.77 bits per heavy atom. The summed E-state index contributed by atoms with van der Waals surface area (Å²) in [5.74, 6) is 1.39. The Hall–Kier alpha value is -2.80. The van der Waals surface area contributed by atoms with Gasteiger partial charge >= 0.3 is 0 Å². The highest BCUT2D eigenvalue weighted by Gasteiger charge is 2.21. The second-order valence-electron chi connectivity index (χ2n) is 5.71. The lowest BCUT2D eigenvalue weighted by Crippen LogP contribution is -2.22. The molecular formula is C19H20N4O2S. The molecule has 0 radical (unpaired) electrons. The Labute approximate surface area is 156 Å². The average molecular weight is 368 g/mol. The molecule has 1 amide bonds. The van der Waals surface area contributed by atoms with E-state index in [1.807, 2.05) is 54.8 Å². The molecule has 0 aliphatic rings. The van der Waals surface area contributed by atoms with Gasteiger partial charge in [-0.05, 0) is 32.0 Å². The number of aryl methyl sites for hydroxylation is 1. The van der Waals surface area contributed by atoms with Crippen LogP contribution in [0.1, 0.15) is 12.7 Å². The van der Waals surface area contributed by atoms with E-state index in [0.29, 0.717) is 17.5 Å². The quantitative estimate of drug-likeness (QED) is 0.501. The average Bonchev–Trinajstić information content (AvgIpc) is 3.22. The largest absolute Gasteiger partial charge is 0.469 e. The van der Waals surface area contributed by atoms with Crippen LogP contribution in [-0.4, -0.2) is 25.9 Å². The van der Waals surface area contributed by atoms with Gasteiger partial charge in [-0.1, -0.05) is 36.0 Å². The number of furan rings is 1. The van der Waals surface area contributed by atoms with Gasteiger partial charge in [-0.2, -0.15) is 0 Å². The van der Waals surface area contributed by atoms with E-state index in [1.165, 1.54) is 11.8 Å². The Morgan fingerprint density at radius 1 is 1.35 bits per heavy atom. The first kappa shape index (κ1) is 18.0. The maximum atomic E-state index is 12.5. The molecule has 0 saturated carbocycles. The summed E-state index contributed by atoms with van der Waals surface area (Å²) in [6.07, 6.45) is 3.40. The first-order valence-corrected chi connectivity index (χ1v) is 9.09. The molecule has 134 valence electrons. The highest BCUT2D eigenvalue weighted by Crippen LogP contribution is 2.29. The van der Waals surface area contributed by atoms with Crippen molar-refractivity contribution in [2.45, 2.75) is 30.8 Å². The van der Waals surface area contributed by atoms with Gasteiger partial charge in [-0.3, -0.25) is 9.36 Å². The number of carbonyl (C=O) groups is 1. The van der Waals surface area contributed by atoms with Crippen molar-refractivity contribution in [1.29, 1.82) is 0 Å². The minimum absolute atomic E-state index is 0.0876. The van der Waals surface area contributed by atoms with E-state index in [-0.39, 0.29) is 11.2 Å². The summed E-state index contributed by atoms with van der Waals surface area (Å²) in [5, 5.41) is 11.8. The first-order valence-electron chi connectivity index (χ1n) is 8.21. The minimum Gasteiger partial charge on any atom is -0.469 e. The molecule has 0 unspecified atom stereocenters. The number of rotatable bonds is 7. The highest BCUT2D eigenvalue weighted by atomic mass is 32.2. The number of carbonyl (C=O) groups excluding carboxylic acids is 1. The summed E-state index contributed by atoms with van der Waals surface area (Å²) >= 11 is 1.36. The number of nitrogens with one attached hydrogen (secondary N) is 1. The third-order valence-electron chi connectivity index (χ3n) is 3.82. The molecular weight excluding hydrogens is 348 g/mol. The maximum absolute atomic E-state index is 12.5. The number of hydrogen-bond acceptors (Lipinski definition) is 5. The molecule has 0 spiro atoms. The zero-order valence-electron chi connectivity index (χ0n) is 14.7. The van der Waals surface area contributed by atoms with Crippen molar-refractivity contribution >= 4 is 23.4 Å². The van der Waals surface area contributed by atoms with Gasteiger partial charge in [0.2, 0.25) is 5.91 Å². The van der Waals surface area contributed by atoms with Crippen LogP contribution >= 0.6 is 11.8 Å². The molecule has 3 aromatic rings. The van der Waals surface area contributed by atoms with Crippen molar-refractivity contribution in [3.63, 3.8) is 0 Å². The summed E-state index contributed by atoms with van der Waals surface area (Å²) < 4.78 is 7.30. The van der Waals surface area contributed by atoms with Gasteiger partial charge in [-0.15, -0.1) is 16.8 Å². The topological polar surface area (TPSA) is 73.0 Å². The van der Waals surface area contributed by atoms with Crippen LogP contribution in [0.3, 0.4) is 0 Å². The Balaban J connectivity index is 1.78. The number of nitrogens with zero attached hydrogens (tertiary/aromatic N) is 3. The van der Waals surface area contributed by atoms with Crippen molar-refractivity contribution in [1.82, 2.24) is 14.8 Å². The second-order valence-corrected chi connectivity index (χ2v) is 7.02. The fraction of sp³-hybridized carbons (Fsp3) is 0.211. The lowest BCUT2D eigenvalue weighted by atomic mass is 10.2. The van der Waals surface area contributed by atoms with Gasteiger partial charge < -0.3 is 9.73 Å². The van der Waals surface area contributed by atoms with E-state index in [1.54, 1.807) is 12.3 Å². The fourth-order valence-corrected chi connectivity index (χ4v) is 3.32. The highest BCUT2D eigenvalue weighted by molar-refractivity contribution is 8.00. The molecule has 26 heavy (non-hydrogen) atoms. The molecule has 2 aromatic heterocycles. The van der Waals surface area contributed by atoms with Crippen LogP contribution in [0.2, 0.25) is 0 Å². The summed E-state index contributed by atoms with van der Waals surface area (Å²) in [7, 11) is 0. The molecule has 2 heterocycles. The predicted molar refractivity (Wildman–Crippen MR) is 103 cm³/mol. The zero-order chi connectivity index (χ0) is 18.5. The van der Waals surface area contributed by atoms with Crippen LogP contribution < -0.4 is 5.32 Å². The first-order chi connectivity index (χ1) is 12.6. The maximum Gasteiger partial charge on any atom is 0.237 e. The van der Waals surface area contributed by atoms with Crippen molar-refractivity contribution < 1.29 is 9.21 Å². The van der Waals surface area contributed by atoms with E-state index in [4.69, 9.17) is 4.42 Å². The molecule has 0 aliphatic heterocycles. The molecule has 0 aliphatic carbocycles. The SMILES string of the molecule is C=CCn1c(S[C@H](C)C(=O)Nc2ccccc2)nnc1-c1ccoc1C. The van der Waals surface area contributed by atoms with Crippen molar-refractivity contribution in [2.75, 3.05) is 5.32 Å². The Morgan fingerprint density at radius 2 is 2.12 bits per heavy atom. The molecule has 0 bridgehead atoms. The number of allylic oxidation sites excluding steroid dienone is 1. The molecule has 3 rings (SSSR count). The number of anilines is 1. The van der Waals surface area contributed by atoms with Crippen molar-refractivity contribution in [3.8, 4) is 11.4 Å². The summed E-state index contributed by atoms with van der Waals surface area (Å²) in [5.41, 5.74) is 1.65. The summed E-state index contributed by atoms with van der Waals surface area (Å²) in [4.78, 5) is 12.5. The molecule has 0 saturated heterocycles. The standard InChI is InChI=1S/C19H20N4O2S/c1-4-11-23-17(16-10-12-25-13(16)2)21-22-19(23)26-14(3)18(24)20-15-8-6-5-7-9-15/h4-10,12,14H,1,11H2,2-3H3,(H,20,24)/t14-/m1/s1. The predicted octanol–water partition coefficient (Wildman–Crippen LogP) is 4.15. The third kappa shape index (κ3) is 3.88. The lowest BCUT2D eigenvalue weighted by Gasteiger charge is -2.12. The van der Waals surface area contributed by atoms with E-state index in [2.05, 4.69) is 22.1 Å². The van der Waals surface area contributed by atoms with Gasteiger partial charge in [0.15, 0.2) is 11.0 Å². The van der Waals surface area contributed by atoms with Crippen LogP contribution in [0.25, 0.3) is 11.4 Å². The van der Waals surface area contributed by atoms with E-state index >= 15 is 0 Å². The molecule has 6 nitrogen and oxygen atoms in total. The van der Waals surface area contributed by atoms with Crippen LogP contribution in [0.5, 0.6) is 0 Å². The smallest absolute Gasteiger partial charge is 0.237 e. The monoisotopic (exact) mass is 368 g/mol. The molecule has 7 heteroatoms. The number of benzene rings is 1. The van der Waals surface area contributed by atoms with Crippen LogP contribution in [0.4, 0.5) is 5.69 Å². The summed E-state index contributed by atoms with van der Waals surface area (Å²) in [6.45, 7) is 8.07. The van der Waals surface area contributed by atoms with E-state index in [0.717, 1.165) is 17.0 Å². The Kier molecular flexibility index (Phi) is 5.58. The minimum atomic E-state index is -0.332. The van der Waals surface area contributed by atoms with Gasteiger partial charge in [0, 0.05) is 12.2 Å². The normalized spacial score (nSPS) is 11.9. The van der Waals surface area contributed by atoms with Gasteiger partial charge in [0.05, 0.1) is 17.1 Å². The van der Waals surface area contributed by atoms with Gasteiger partial charge in [-0.25, -0.2) is 0 Å².